The van der Waals surface area contributed by atoms with Crippen LogP contribution in [0.3, 0.4) is 0 Å². The lowest BCUT2D eigenvalue weighted by Crippen LogP contribution is -2.25. The largest absolute Gasteiger partial charge is 0.361 e. The first-order valence-corrected chi connectivity index (χ1v) is 8.54. The summed E-state index contributed by atoms with van der Waals surface area (Å²) in [7, 11) is 0. The summed E-state index contributed by atoms with van der Waals surface area (Å²) in [5, 5.41) is 2.40. The molecule has 0 radical (unpaired) electrons. The first-order valence-electron chi connectivity index (χ1n) is 7.78. The first-order chi connectivity index (χ1) is 11.1. The highest BCUT2D eigenvalue weighted by Crippen LogP contribution is 2.41. The molecule has 0 amide bonds. The van der Waals surface area contributed by atoms with Gasteiger partial charge in [0.25, 0.3) is 0 Å². The molecule has 2 aromatic carbocycles. The van der Waals surface area contributed by atoms with E-state index in [9.17, 15) is 0 Å². The van der Waals surface area contributed by atoms with E-state index in [4.69, 9.17) is 28.9 Å². The molecule has 1 aromatic heterocycles. The Labute approximate surface area is 146 Å². The molecule has 0 bridgehead atoms. The number of fused-ring (bicyclic) bond motifs is 1. The smallest absolute Gasteiger partial charge is 0.0595 e. The average molecular weight is 347 g/mol. The van der Waals surface area contributed by atoms with Crippen LogP contribution in [-0.2, 0) is 5.41 Å². The number of rotatable bonds is 5. The summed E-state index contributed by atoms with van der Waals surface area (Å²) < 4.78 is 0. The maximum atomic E-state index is 6.28. The minimum absolute atomic E-state index is 0.171. The zero-order valence-corrected chi connectivity index (χ0v) is 14.6. The van der Waals surface area contributed by atoms with Crippen LogP contribution in [0.2, 0.25) is 10.0 Å². The van der Waals surface area contributed by atoms with Crippen molar-refractivity contribution >= 4 is 34.1 Å². The molecule has 3 aromatic rings. The minimum Gasteiger partial charge on any atom is -0.361 e. The Balaban J connectivity index is 2.20. The second kappa shape index (κ2) is 6.56. The van der Waals surface area contributed by atoms with Crippen molar-refractivity contribution in [2.24, 2.45) is 5.73 Å². The van der Waals surface area contributed by atoms with E-state index in [1.807, 2.05) is 18.3 Å². The Morgan fingerprint density at radius 3 is 2.65 bits per heavy atom. The molecule has 4 heteroatoms. The Kier molecular flexibility index (Phi) is 4.67. The van der Waals surface area contributed by atoms with E-state index in [1.165, 1.54) is 10.9 Å². The molecule has 0 aliphatic rings. The van der Waals surface area contributed by atoms with E-state index < -0.39 is 0 Å². The van der Waals surface area contributed by atoms with Crippen LogP contribution >= 0.6 is 23.2 Å². The van der Waals surface area contributed by atoms with Crippen LogP contribution in [0.1, 0.15) is 30.9 Å². The highest BCUT2D eigenvalue weighted by Gasteiger charge is 2.30. The maximum absolute atomic E-state index is 6.28. The number of halogens is 2. The Morgan fingerprint density at radius 2 is 1.91 bits per heavy atom. The number of hydrogen-bond acceptors (Lipinski definition) is 1. The SMILES string of the molecule is CC(CCCN)(c1ccc(Cl)c(Cl)c1)c1cccc2[nH]ccc12. The summed E-state index contributed by atoms with van der Waals surface area (Å²) in [6.45, 7) is 2.92. The van der Waals surface area contributed by atoms with Gasteiger partial charge >= 0.3 is 0 Å². The van der Waals surface area contributed by atoms with Crippen molar-refractivity contribution in [3.8, 4) is 0 Å². The van der Waals surface area contributed by atoms with Gasteiger partial charge in [0, 0.05) is 22.5 Å². The van der Waals surface area contributed by atoms with E-state index >= 15 is 0 Å². The summed E-state index contributed by atoms with van der Waals surface area (Å²) in [4.78, 5) is 3.29. The molecule has 0 saturated carbocycles. The van der Waals surface area contributed by atoms with Crippen LogP contribution in [0.5, 0.6) is 0 Å². The Morgan fingerprint density at radius 1 is 1.09 bits per heavy atom. The molecule has 1 atom stereocenters. The summed E-state index contributed by atoms with van der Waals surface area (Å²) in [6.07, 6.45) is 3.87. The van der Waals surface area contributed by atoms with Crippen LogP contribution in [-0.4, -0.2) is 11.5 Å². The molecular formula is C19H20Cl2N2. The quantitative estimate of drug-likeness (QED) is 0.627. The van der Waals surface area contributed by atoms with Crippen LogP contribution in [0.25, 0.3) is 10.9 Å². The number of hydrogen-bond donors (Lipinski definition) is 2. The van der Waals surface area contributed by atoms with Crippen LogP contribution in [0.4, 0.5) is 0 Å². The molecule has 0 spiro atoms. The number of H-pyrrole nitrogens is 1. The van der Waals surface area contributed by atoms with Crippen molar-refractivity contribution in [1.29, 1.82) is 0 Å². The molecule has 0 aliphatic heterocycles. The van der Waals surface area contributed by atoms with Crippen molar-refractivity contribution in [2.75, 3.05) is 6.54 Å². The molecule has 0 fully saturated rings. The Hall–Kier alpha value is -1.48. The van der Waals surface area contributed by atoms with E-state index in [2.05, 4.69) is 42.2 Å². The predicted molar refractivity (Wildman–Crippen MR) is 99.5 cm³/mol. The van der Waals surface area contributed by atoms with Crippen LogP contribution in [0, 0.1) is 0 Å². The van der Waals surface area contributed by atoms with Gasteiger partial charge in [0.1, 0.15) is 0 Å². The fourth-order valence-electron chi connectivity index (χ4n) is 3.30. The summed E-state index contributed by atoms with van der Waals surface area (Å²) in [5.74, 6) is 0. The number of nitrogens with two attached hydrogens (primary N) is 1. The molecule has 120 valence electrons. The topological polar surface area (TPSA) is 41.8 Å². The lowest BCUT2D eigenvalue weighted by atomic mass is 9.72. The maximum Gasteiger partial charge on any atom is 0.0595 e. The number of aromatic nitrogens is 1. The number of nitrogens with one attached hydrogen (secondary N) is 1. The number of aromatic amines is 1. The standard InChI is InChI=1S/C19H20Cl2N2/c1-19(9-3-10-22,13-6-7-16(20)17(21)12-13)15-4-2-5-18-14(15)8-11-23-18/h2,4-8,11-12,23H,3,9-10,22H2,1H3. The van der Waals surface area contributed by atoms with E-state index in [0.717, 1.165) is 23.9 Å². The van der Waals surface area contributed by atoms with Gasteiger partial charge in [0.2, 0.25) is 0 Å². The van der Waals surface area contributed by atoms with Gasteiger partial charge in [-0.15, -0.1) is 0 Å². The third kappa shape index (κ3) is 2.99. The molecule has 23 heavy (non-hydrogen) atoms. The van der Waals surface area contributed by atoms with Gasteiger partial charge in [0.05, 0.1) is 10.0 Å². The fraction of sp³-hybridized carbons (Fsp3) is 0.263. The van der Waals surface area contributed by atoms with Gasteiger partial charge in [-0.1, -0.05) is 48.3 Å². The van der Waals surface area contributed by atoms with Crippen molar-refractivity contribution in [2.45, 2.75) is 25.2 Å². The molecule has 0 saturated heterocycles. The van der Waals surface area contributed by atoms with E-state index in [-0.39, 0.29) is 5.41 Å². The molecule has 3 N–H and O–H groups in total. The molecule has 0 aliphatic carbocycles. The van der Waals surface area contributed by atoms with Gasteiger partial charge in [-0.2, -0.15) is 0 Å². The molecule has 1 heterocycles. The van der Waals surface area contributed by atoms with Crippen molar-refractivity contribution in [3.05, 3.63) is 69.8 Å². The molecule has 1 unspecified atom stereocenters. The third-order valence-corrected chi connectivity index (χ3v) is 5.37. The Bertz CT molecular complexity index is 825. The summed E-state index contributed by atoms with van der Waals surface area (Å²) in [5.41, 5.74) is 9.20. The highest BCUT2D eigenvalue weighted by molar-refractivity contribution is 6.42. The normalized spacial score (nSPS) is 14.1. The van der Waals surface area contributed by atoms with Gasteiger partial charge in [-0.3, -0.25) is 0 Å². The summed E-state index contributed by atoms with van der Waals surface area (Å²) in [6, 6.07) is 14.4. The lowest BCUT2D eigenvalue weighted by Gasteiger charge is -2.32. The van der Waals surface area contributed by atoms with Gasteiger partial charge in [-0.25, -0.2) is 0 Å². The van der Waals surface area contributed by atoms with Gasteiger partial charge in [-0.05, 0) is 54.8 Å². The third-order valence-electron chi connectivity index (χ3n) is 4.63. The highest BCUT2D eigenvalue weighted by atomic mass is 35.5. The van der Waals surface area contributed by atoms with E-state index in [0.29, 0.717) is 16.6 Å². The second-order valence-corrected chi connectivity index (χ2v) is 6.91. The van der Waals surface area contributed by atoms with Crippen molar-refractivity contribution < 1.29 is 0 Å². The van der Waals surface area contributed by atoms with Crippen molar-refractivity contribution in [1.82, 2.24) is 4.98 Å². The minimum atomic E-state index is -0.171. The second-order valence-electron chi connectivity index (χ2n) is 6.10. The van der Waals surface area contributed by atoms with Gasteiger partial charge < -0.3 is 10.7 Å². The van der Waals surface area contributed by atoms with Crippen LogP contribution in [0.15, 0.2) is 48.7 Å². The van der Waals surface area contributed by atoms with Crippen molar-refractivity contribution in [3.63, 3.8) is 0 Å². The first kappa shape index (κ1) is 16.4. The predicted octanol–water partition coefficient (Wildman–Crippen LogP) is 5.52. The average Bonchev–Trinajstić information content (AvgIpc) is 3.03. The number of benzene rings is 2. The molecular weight excluding hydrogens is 327 g/mol. The lowest BCUT2D eigenvalue weighted by molar-refractivity contribution is 0.505. The van der Waals surface area contributed by atoms with Crippen LogP contribution < -0.4 is 5.73 Å². The zero-order chi connectivity index (χ0) is 16.4. The monoisotopic (exact) mass is 346 g/mol. The van der Waals surface area contributed by atoms with Gasteiger partial charge in [0.15, 0.2) is 0 Å². The zero-order valence-electron chi connectivity index (χ0n) is 13.1. The fourth-order valence-corrected chi connectivity index (χ4v) is 3.59. The van der Waals surface area contributed by atoms with E-state index in [1.54, 1.807) is 0 Å². The molecule has 2 nitrogen and oxygen atoms in total. The molecule has 3 rings (SSSR count). The summed E-state index contributed by atoms with van der Waals surface area (Å²) >= 11 is 12.4.